The summed E-state index contributed by atoms with van der Waals surface area (Å²) in [7, 11) is 0. The first-order valence-corrected chi connectivity index (χ1v) is 6.82. The summed E-state index contributed by atoms with van der Waals surface area (Å²) >= 11 is 1.91. The van der Waals surface area contributed by atoms with Gasteiger partial charge in [-0.1, -0.05) is 25.1 Å². The van der Waals surface area contributed by atoms with E-state index < -0.39 is 0 Å². The van der Waals surface area contributed by atoms with Crippen LogP contribution in [0.2, 0.25) is 0 Å². The fraction of sp³-hybridized carbons (Fsp3) is 0.909. The zero-order valence-electron chi connectivity index (χ0n) is 9.37. The lowest BCUT2D eigenvalue weighted by Crippen LogP contribution is -2.39. The Balaban J connectivity index is 1.71. The molecule has 0 aromatic carbocycles. The molecule has 0 saturated carbocycles. The van der Waals surface area contributed by atoms with E-state index in [4.69, 9.17) is 4.74 Å². The predicted octanol–water partition coefficient (Wildman–Crippen LogP) is 2.03. The minimum Gasteiger partial charge on any atom is -0.379 e. The topological polar surface area (TPSA) is 33.6 Å². The molecule has 86 valence electrons. The van der Waals surface area contributed by atoms with Crippen LogP contribution in [0.25, 0.3) is 0 Å². The molecule has 1 fully saturated rings. The normalized spacial score (nSPS) is 31.4. The summed E-state index contributed by atoms with van der Waals surface area (Å²) in [6.45, 7) is 5.00. The fourth-order valence-corrected chi connectivity index (χ4v) is 3.20. The summed E-state index contributed by atoms with van der Waals surface area (Å²) in [5.41, 5.74) is 0. The van der Waals surface area contributed by atoms with E-state index in [-0.39, 0.29) is 0 Å². The second-order valence-electron chi connectivity index (χ2n) is 4.23. The van der Waals surface area contributed by atoms with E-state index in [2.05, 4.69) is 17.2 Å². The summed E-state index contributed by atoms with van der Waals surface area (Å²) in [4.78, 5) is 4.54. The Labute approximate surface area is 96.1 Å². The molecule has 2 aliphatic heterocycles. The van der Waals surface area contributed by atoms with Crippen LogP contribution in [0.3, 0.4) is 0 Å². The Bertz CT molecular complexity index is 227. The van der Waals surface area contributed by atoms with Gasteiger partial charge >= 0.3 is 0 Å². The molecular formula is C11H20N2OS. The molecule has 2 heterocycles. The van der Waals surface area contributed by atoms with E-state index >= 15 is 0 Å². The van der Waals surface area contributed by atoms with Crippen molar-refractivity contribution in [2.45, 2.75) is 43.9 Å². The second-order valence-corrected chi connectivity index (χ2v) is 5.52. The molecule has 0 aromatic heterocycles. The van der Waals surface area contributed by atoms with Gasteiger partial charge in [0.25, 0.3) is 0 Å². The molecule has 3 nitrogen and oxygen atoms in total. The third-order valence-corrected chi connectivity index (χ3v) is 4.00. The van der Waals surface area contributed by atoms with Gasteiger partial charge in [0.2, 0.25) is 0 Å². The largest absolute Gasteiger partial charge is 0.379 e. The molecule has 2 rings (SSSR count). The highest BCUT2D eigenvalue weighted by atomic mass is 32.2. The molecule has 2 atom stereocenters. The van der Waals surface area contributed by atoms with Crippen molar-refractivity contribution < 1.29 is 4.74 Å². The van der Waals surface area contributed by atoms with Crippen molar-refractivity contribution in [2.75, 3.05) is 19.8 Å². The third-order valence-electron chi connectivity index (χ3n) is 2.82. The number of aliphatic imine (C=N–C) groups is 1. The molecule has 4 heteroatoms. The molecule has 2 aliphatic rings. The van der Waals surface area contributed by atoms with Crippen molar-refractivity contribution in [1.29, 1.82) is 0 Å². The van der Waals surface area contributed by atoms with Crippen LogP contribution in [0.4, 0.5) is 0 Å². The first-order chi connectivity index (χ1) is 7.38. The number of hydrogen-bond acceptors (Lipinski definition) is 4. The minimum atomic E-state index is 0.491. The molecular weight excluding hydrogens is 208 g/mol. The van der Waals surface area contributed by atoms with Gasteiger partial charge in [-0.05, 0) is 19.3 Å². The van der Waals surface area contributed by atoms with Crippen molar-refractivity contribution >= 4 is 16.9 Å². The van der Waals surface area contributed by atoms with E-state index in [1.807, 2.05) is 11.8 Å². The smallest absolute Gasteiger partial charge is 0.157 e. The number of thioether (sulfide) groups is 1. The zero-order valence-corrected chi connectivity index (χ0v) is 10.2. The lowest BCUT2D eigenvalue weighted by Gasteiger charge is -2.23. The van der Waals surface area contributed by atoms with Gasteiger partial charge in [0.15, 0.2) is 5.17 Å². The molecule has 15 heavy (non-hydrogen) atoms. The summed E-state index contributed by atoms with van der Waals surface area (Å²) < 4.78 is 5.44. The van der Waals surface area contributed by atoms with Gasteiger partial charge in [0, 0.05) is 11.9 Å². The number of nitrogens with zero attached hydrogens (tertiary/aromatic N) is 1. The average molecular weight is 228 g/mol. The molecule has 0 radical (unpaired) electrons. The Kier molecular flexibility index (Phi) is 4.32. The maximum Gasteiger partial charge on any atom is 0.157 e. The first-order valence-electron chi connectivity index (χ1n) is 5.94. The molecule has 1 N–H and O–H groups in total. The second kappa shape index (κ2) is 5.75. The molecule has 0 amide bonds. The number of amidine groups is 1. The number of ether oxygens (including phenoxy) is 1. The Hall–Kier alpha value is -0.220. The van der Waals surface area contributed by atoms with Crippen molar-refractivity contribution in [3.05, 3.63) is 0 Å². The van der Waals surface area contributed by atoms with E-state index in [0.29, 0.717) is 11.3 Å². The summed E-state index contributed by atoms with van der Waals surface area (Å²) in [6, 6.07) is 0.491. The van der Waals surface area contributed by atoms with Gasteiger partial charge in [-0.25, -0.2) is 0 Å². The fourth-order valence-electron chi connectivity index (χ4n) is 2.00. The van der Waals surface area contributed by atoms with Crippen LogP contribution in [0, 0.1) is 0 Å². The predicted molar refractivity (Wildman–Crippen MR) is 65.6 cm³/mol. The molecule has 0 bridgehead atoms. The van der Waals surface area contributed by atoms with Crippen molar-refractivity contribution in [1.82, 2.24) is 5.32 Å². The quantitative estimate of drug-likeness (QED) is 0.802. The van der Waals surface area contributed by atoms with Crippen LogP contribution >= 0.6 is 11.8 Å². The van der Waals surface area contributed by atoms with Crippen LogP contribution in [-0.4, -0.2) is 36.2 Å². The number of hydrogen-bond donors (Lipinski definition) is 1. The standard InChI is InChI=1S/C11H20N2OS/c1-2-4-10-7-12-11(15-10)13-9-5-3-6-14-8-9/h9-10H,2-8H2,1H3,(H,12,13). The van der Waals surface area contributed by atoms with E-state index in [1.54, 1.807) is 0 Å². The Morgan fingerprint density at radius 1 is 1.60 bits per heavy atom. The Morgan fingerprint density at radius 2 is 2.53 bits per heavy atom. The summed E-state index contributed by atoms with van der Waals surface area (Å²) in [6.07, 6.45) is 4.93. The molecule has 2 unspecified atom stereocenters. The van der Waals surface area contributed by atoms with Crippen LogP contribution in [0.15, 0.2) is 4.99 Å². The first kappa shape index (κ1) is 11.3. The molecule has 0 aromatic rings. The zero-order chi connectivity index (χ0) is 10.5. The van der Waals surface area contributed by atoms with Crippen molar-refractivity contribution in [3.8, 4) is 0 Å². The monoisotopic (exact) mass is 228 g/mol. The van der Waals surface area contributed by atoms with Gasteiger partial charge in [-0.15, -0.1) is 0 Å². The number of nitrogens with one attached hydrogen (secondary N) is 1. The van der Waals surface area contributed by atoms with Gasteiger partial charge < -0.3 is 10.1 Å². The van der Waals surface area contributed by atoms with Gasteiger partial charge in [0.05, 0.1) is 19.2 Å². The minimum absolute atomic E-state index is 0.491. The van der Waals surface area contributed by atoms with E-state index in [1.165, 1.54) is 25.7 Å². The number of rotatable bonds is 3. The van der Waals surface area contributed by atoms with Crippen molar-refractivity contribution in [3.63, 3.8) is 0 Å². The molecule has 0 aliphatic carbocycles. The van der Waals surface area contributed by atoms with Gasteiger partial charge in [-0.2, -0.15) is 0 Å². The average Bonchev–Trinajstić information content (AvgIpc) is 2.68. The molecule has 1 saturated heterocycles. The lowest BCUT2D eigenvalue weighted by molar-refractivity contribution is 0.0767. The van der Waals surface area contributed by atoms with Crippen LogP contribution in [-0.2, 0) is 4.74 Å². The van der Waals surface area contributed by atoms with Gasteiger partial charge in [-0.3, -0.25) is 4.99 Å². The van der Waals surface area contributed by atoms with Gasteiger partial charge in [0.1, 0.15) is 0 Å². The molecule has 0 spiro atoms. The summed E-state index contributed by atoms with van der Waals surface area (Å²) in [5, 5.41) is 5.35. The van der Waals surface area contributed by atoms with Crippen LogP contribution < -0.4 is 5.32 Å². The summed E-state index contributed by atoms with van der Waals surface area (Å²) in [5.74, 6) is 0. The van der Waals surface area contributed by atoms with E-state index in [9.17, 15) is 0 Å². The van der Waals surface area contributed by atoms with Crippen molar-refractivity contribution in [2.24, 2.45) is 4.99 Å². The Morgan fingerprint density at radius 3 is 3.27 bits per heavy atom. The van der Waals surface area contributed by atoms with Crippen LogP contribution in [0.5, 0.6) is 0 Å². The highest BCUT2D eigenvalue weighted by Crippen LogP contribution is 2.24. The van der Waals surface area contributed by atoms with Crippen LogP contribution in [0.1, 0.15) is 32.6 Å². The third kappa shape index (κ3) is 3.38. The maximum absolute atomic E-state index is 5.44. The SMILES string of the molecule is CCCC1CN=C(NC2CCCOC2)S1. The highest BCUT2D eigenvalue weighted by Gasteiger charge is 2.22. The lowest BCUT2D eigenvalue weighted by atomic mass is 10.1. The highest BCUT2D eigenvalue weighted by molar-refractivity contribution is 8.14. The van der Waals surface area contributed by atoms with E-state index in [0.717, 1.165) is 24.9 Å². The maximum atomic E-state index is 5.44.